The number of nitrogens with zero attached hydrogens (tertiary/aromatic N) is 3. The van der Waals surface area contributed by atoms with E-state index in [1.54, 1.807) is 36.6 Å². The summed E-state index contributed by atoms with van der Waals surface area (Å²) >= 11 is 0. The number of carbonyl (C=O) groups is 3. The van der Waals surface area contributed by atoms with E-state index in [2.05, 4.69) is 32.0 Å². The first kappa shape index (κ1) is 27.4. The van der Waals surface area contributed by atoms with Crippen LogP contribution in [0.1, 0.15) is 34.4 Å². The van der Waals surface area contributed by atoms with Crippen molar-refractivity contribution < 1.29 is 23.9 Å². The van der Waals surface area contributed by atoms with E-state index in [1.165, 1.54) is 6.08 Å². The topological polar surface area (TPSA) is 150 Å². The summed E-state index contributed by atoms with van der Waals surface area (Å²) in [5.41, 5.74) is 5.22. The van der Waals surface area contributed by atoms with E-state index in [9.17, 15) is 14.4 Å². The maximum atomic E-state index is 12.9. The van der Waals surface area contributed by atoms with E-state index < -0.39 is 18.0 Å². The predicted molar refractivity (Wildman–Crippen MR) is 154 cm³/mol. The first-order chi connectivity index (χ1) is 19.8. The van der Waals surface area contributed by atoms with Gasteiger partial charge in [0.1, 0.15) is 23.2 Å². The van der Waals surface area contributed by atoms with E-state index in [0.29, 0.717) is 43.1 Å². The number of carboxylic acid groups (broad SMARTS) is 1. The average molecular weight is 555 g/mol. The zero-order valence-electron chi connectivity index (χ0n) is 22.7. The van der Waals surface area contributed by atoms with Crippen molar-refractivity contribution in [2.24, 2.45) is 0 Å². The van der Waals surface area contributed by atoms with Crippen LogP contribution in [0, 0.1) is 6.92 Å². The first-order valence-corrected chi connectivity index (χ1v) is 13.1. The normalized spacial score (nSPS) is 14.8. The highest BCUT2D eigenvalue weighted by atomic mass is 16.4. The summed E-state index contributed by atoms with van der Waals surface area (Å²) < 4.78 is 6.15. The number of pyridine rings is 2. The van der Waals surface area contributed by atoms with E-state index in [-0.39, 0.29) is 5.91 Å². The molecule has 0 radical (unpaired) electrons. The summed E-state index contributed by atoms with van der Waals surface area (Å²) in [6.07, 6.45) is 7.69. The van der Waals surface area contributed by atoms with Crippen LogP contribution in [-0.4, -0.2) is 51.0 Å². The Morgan fingerprint density at radius 2 is 2.10 bits per heavy atom. The van der Waals surface area contributed by atoms with Crippen LogP contribution in [0.2, 0.25) is 0 Å². The highest BCUT2D eigenvalue weighted by Gasteiger charge is 2.25. The molecule has 210 valence electrons. The predicted octanol–water partition coefficient (Wildman–Crippen LogP) is 4.34. The van der Waals surface area contributed by atoms with Crippen molar-refractivity contribution in [3.8, 4) is 0 Å². The van der Waals surface area contributed by atoms with Crippen molar-refractivity contribution in [1.29, 1.82) is 0 Å². The van der Waals surface area contributed by atoms with Gasteiger partial charge < -0.3 is 30.4 Å². The van der Waals surface area contributed by atoms with Gasteiger partial charge in [0.05, 0.1) is 12.2 Å². The van der Waals surface area contributed by atoms with Crippen molar-refractivity contribution in [3.63, 3.8) is 0 Å². The standard InChI is InChI=1S/C30H30N6O5/c1-18-25(41-24-7-3-5-21(27(18)24)15-32-22-6-4-12-31-16-22)17-36(2)26(37)11-8-19-13-20-9-10-23(34-30(39)40)29(38)35-28(20)33-14-19/h3-8,11-14,16,23,32,34H,9-10,15,17H2,1-2H3,(H,39,40)(H,33,35,38)/b11-8+/t23-/m0/s1. The number of aryl methyl sites for hydroxylation is 2. The SMILES string of the molecule is Cc1c(CN(C)C(=O)/C=C/c2cnc3c(c2)CC[C@H](NC(=O)O)C(=O)N3)oc2cccc(CNc3cccnc3)c12. The molecule has 0 fully saturated rings. The third kappa shape index (κ3) is 6.35. The number of hydrogen-bond donors (Lipinski definition) is 4. The number of benzene rings is 1. The summed E-state index contributed by atoms with van der Waals surface area (Å²) in [7, 11) is 1.71. The molecule has 0 saturated heterocycles. The zero-order chi connectivity index (χ0) is 28.9. The Hall–Kier alpha value is -5.19. The molecule has 0 aliphatic carbocycles. The number of amides is 3. The minimum absolute atomic E-state index is 0.211. The van der Waals surface area contributed by atoms with Crippen molar-refractivity contribution in [1.82, 2.24) is 20.2 Å². The Kier molecular flexibility index (Phi) is 7.95. The smallest absolute Gasteiger partial charge is 0.405 e. The van der Waals surface area contributed by atoms with Crippen LogP contribution in [0.3, 0.4) is 0 Å². The Bertz CT molecular complexity index is 1630. The van der Waals surface area contributed by atoms with E-state index in [1.807, 2.05) is 37.3 Å². The molecule has 0 saturated carbocycles. The molecule has 3 amide bonds. The van der Waals surface area contributed by atoms with Gasteiger partial charge in [0.15, 0.2) is 0 Å². The Morgan fingerprint density at radius 1 is 1.24 bits per heavy atom. The summed E-state index contributed by atoms with van der Waals surface area (Å²) in [6, 6.07) is 10.8. The fraction of sp³-hybridized carbons (Fsp3) is 0.233. The average Bonchev–Trinajstić information content (AvgIpc) is 3.20. The van der Waals surface area contributed by atoms with Crippen molar-refractivity contribution in [3.05, 3.63) is 89.1 Å². The van der Waals surface area contributed by atoms with Crippen LogP contribution in [0.4, 0.5) is 16.3 Å². The van der Waals surface area contributed by atoms with Crippen molar-refractivity contribution in [2.75, 3.05) is 17.7 Å². The summed E-state index contributed by atoms with van der Waals surface area (Å²) in [5, 5.41) is 18.3. The Balaban J connectivity index is 1.25. The molecule has 0 bridgehead atoms. The Morgan fingerprint density at radius 3 is 2.88 bits per heavy atom. The number of furan rings is 1. The maximum absolute atomic E-state index is 12.9. The third-order valence-corrected chi connectivity index (χ3v) is 7.00. The summed E-state index contributed by atoms with van der Waals surface area (Å²) in [4.78, 5) is 46.2. The number of hydrogen-bond acceptors (Lipinski definition) is 7. The van der Waals surface area contributed by atoms with E-state index in [0.717, 1.165) is 33.3 Å². The van der Waals surface area contributed by atoms with Gasteiger partial charge >= 0.3 is 6.09 Å². The second-order valence-corrected chi connectivity index (χ2v) is 9.87. The van der Waals surface area contributed by atoms with Crippen LogP contribution in [-0.2, 0) is 29.1 Å². The van der Waals surface area contributed by atoms with E-state index in [4.69, 9.17) is 9.52 Å². The molecule has 3 aromatic heterocycles. The number of nitrogens with one attached hydrogen (secondary N) is 3. The molecule has 11 heteroatoms. The number of anilines is 2. The molecule has 0 unspecified atom stereocenters. The third-order valence-electron chi connectivity index (χ3n) is 7.00. The fourth-order valence-corrected chi connectivity index (χ4v) is 4.83. The van der Waals surface area contributed by atoms with Crippen LogP contribution in [0.25, 0.3) is 17.0 Å². The van der Waals surface area contributed by atoms with Gasteiger partial charge in [0.25, 0.3) is 0 Å². The monoisotopic (exact) mass is 554 g/mol. The van der Waals surface area contributed by atoms with Crippen LogP contribution < -0.4 is 16.0 Å². The van der Waals surface area contributed by atoms with Crippen LogP contribution >= 0.6 is 0 Å². The number of aromatic nitrogens is 2. The lowest BCUT2D eigenvalue weighted by atomic mass is 10.1. The lowest BCUT2D eigenvalue weighted by Gasteiger charge is -2.14. The van der Waals surface area contributed by atoms with Crippen molar-refractivity contribution in [2.45, 2.75) is 38.9 Å². The van der Waals surface area contributed by atoms with Gasteiger partial charge in [0.2, 0.25) is 11.8 Å². The molecule has 41 heavy (non-hydrogen) atoms. The minimum Gasteiger partial charge on any atom is -0.465 e. The minimum atomic E-state index is -1.26. The molecule has 1 atom stereocenters. The highest BCUT2D eigenvalue weighted by molar-refractivity contribution is 5.97. The maximum Gasteiger partial charge on any atom is 0.405 e. The molecule has 1 aliphatic rings. The molecule has 4 aromatic rings. The van der Waals surface area contributed by atoms with Gasteiger partial charge in [-0.25, -0.2) is 9.78 Å². The van der Waals surface area contributed by atoms with Gasteiger partial charge in [-0.3, -0.25) is 14.6 Å². The van der Waals surface area contributed by atoms with Crippen molar-refractivity contribution >= 4 is 46.5 Å². The molecule has 4 N–H and O–H groups in total. The fourth-order valence-electron chi connectivity index (χ4n) is 4.83. The first-order valence-electron chi connectivity index (χ1n) is 13.1. The summed E-state index contributed by atoms with van der Waals surface area (Å²) in [5.74, 6) is 0.444. The quantitative estimate of drug-likeness (QED) is 0.235. The second-order valence-electron chi connectivity index (χ2n) is 9.87. The molecular weight excluding hydrogens is 524 g/mol. The van der Waals surface area contributed by atoms with Crippen LogP contribution in [0.15, 0.2) is 65.5 Å². The van der Waals surface area contributed by atoms with Gasteiger partial charge in [-0.15, -0.1) is 0 Å². The van der Waals surface area contributed by atoms with Gasteiger partial charge in [-0.2, -0.15) is 0 Å². The number of fused-ring (bicyclic) bond motifs is 2. The summed E-state index contributed by atoms with van der Waals surface area (Å²) in [6.45, 7) is 2.90. The largest absolute Gasteiger partial charge is 0.465 e. The van der Waals surface area contributed by atoms with Gasteiger partial charge in [-0.05, 0) is 66.8 Å². The highest BCUT2D eigenvalue weighted by Crippen LogP contribution is 2.30. The Labute approximate surface area is 236 Å². The zero-order valence-corrected chi connectivity index (χ0v) is 22.7. The van der Waals surface area contributed by atoms with Gasteiger partial charge in [0, 0.05) is 49.2 Å². The number of carbonyl (C=O) groups excluding carboxylic acids is 2. The molecule has 11 nitrogen and oxygen atoms in total. The van der Waals surface area contributed by atoms with E-state index >= 15 is 0 Å². The molecule has 1 aliphatic heterocycles. The molecular formula is C30H30N6O5. The number of likely N-dealkylation sites (N-methyl/N-ethyl adjacent to an activating group) is 1. The molecule has 5 rings (SSSR count). The molecule has 0 spiro atoms. The second kappa shape index (κ2) is 11.9. The van der Waals surface area contributed by atoms with Crippen LogP contribution in [0.5, 0.6) is 0 Å². The molecule has 4 heterocycles. The molecule has 1 aromatic carbocycles. The lowest BCUT2D eigenvalue weighted by Crippen LogP contribution is -2.42. The number of rotatable bonds is 8. The van der Waals surface area contributed by atoms with Gasteiger partial charge in [-0.1, -0.05) is 12.1 Å². The lowest BCUT2D eigenvalue weighted by molar-refractivity contribution is -0.125.